The van der Waals surface area contributed by atoms with Gasteiger partial charge in [-0.3, -0.25) is 9.48 Å². The maximum absolute atomic E-state index is 13.0. The molecule has 0 aromatic carbocycles. The molecule has 140 valence electrons. The maximum Gasteiger partial charge on any atom is 0.227 e. The Hall–Kier alpha value is -2.28. The molecule has 7 heteroatoms. The minimum Gasteiger partial charge on any atom is -0.332 e. The van der Waals surface area contributed by atoms with E-state index < -0.39 is 0 Å². The highest BCUT2D eigenvalue weighted by molar-refractivity contribution is 5.80. The van der Waals surface area contributed by atoms with E-state index in [1.165, 1.54) is 0 Å². The van der Waals surface area contributed by atoms with Crippen molar-refractivity contribution in [2.45, 2.75) is 45.7 Å². The number of amides is 1. The highest BCUT2D eigenvalue weighted by Crippen LogP contribution is 2.30. The third-order valence-corrected chi connectivity index (χ3v) is 5.07. The highest BCUT2D eigenvalue weighted by Gasteiger charge is 2.32. The van der Waals surface area contributed by atoms with Gasteiger partial charge in [0.2, 0.25) is 5.91 Å². The van der Waals surface area contributed by atoms with Gasteiger partial charge in [-0.25, -0.2) is 9.97 Å². The first-order valence-corrected chi connectivity index (χ1v) is 9.12. The van der Waals surface area contributed by atoms with Crippen molar-refractivity contribution in [3.8, 4) is 0 Å². The van der Waals surface area contributed by atoms with Crippen LogP contribution in [0.15, 0.2) is 12.3 Å². The Kier molecular flexibility index (Phi) is 5.36. The fourth-order valence-electron chi connectivity index (χ4n) is 3.65. The number of likely N-dealkylation sites (tertiary alicyclic amines) is 1. The van der Waals surface area contributed by atoms with Crippen LogP contribution < -0.4 is 0 Å². The van der Waals surface area contributed by atoms with Crippen LogP contribution in [0.25, 0.3) is 0 Å². The van der Waals surface area contributed by atoms with Crippen molar-refractivity contribution in [3.05, 3.63) is 40.7 Å². The van der Waals surface area contributed by atoms with Crippen LogP contribution in [0.1, 0.15) is 47.4 Å². The van der Waals surface area contributed by atoms with Gasteiger partial charge < -0.3 is 9.80 Å². The molecular weight excluding hydrogens is 328 g/mol. The molecule has 0 radical (unpaired) electrons. The topological polar surface area (TPSA) is 67.2 Å². The first-order valence-electron chi connectivity index (χ1n) is 9.12. The quantitative estimate of drug-likeness (QED) is 0.817. The lowest BCUT2D eigenvalue weighted by Crippen LogP contribution is -2.33. The zero-order valence-corrected chi connectivity index (χ0v) is 16.4. The number of aryl methyl sites for hydroxylation is 2. The van der Waals surface area contributed by atoms with Gasteiger partial charge in [-0.05, 0) is 46.9 Å². The summed E-state index contributed by atoms with van der Waals surface area (Å²) in [4.78, 5) is 26.2. The predicted molar refractivity (Wildman–Crippen MR) is 99.5 cm³/mol. The molecule has 0 saturated carbocycles. The van der Waals surface area contributed by atoms with Crippen LogP contribution in [0.4, 0.5) is 0 Å². The number of rotatable bonds is 5. The maximum atomic E-state index is 13.0. The molecule has 1 aliphatic heterocycles. The van der Waals surface area contributed by atoms with Crippen LogP contribution in [-0.4, -0.2) is 56.1 Å². The third-order valence-electron chi connectivity index (χ3n) is 5.07. The summed E-state index contributed by atoms with van der Waals surface area (Å²) in [6.07, 6.45) is 4.10. The molecule has 0 spiro atoms. The Morgan fingerprint density at radius 3 is 2.77 bits per heavy atom. The van der Waals surface area contributed by atoms with Crippen molar-refractivity contribution < 1.29 is 4.79 Å². The van der Waals surface area contributed by atoms with Gasteiger partial charge in [0.05, 0.1) is 23.9 Å². The molecule has 0 bridgehead atoms. The van der Waals surface area contributed by atoms with Gasteiger partial charge in [0.1, 0.15) is 0 Å². The van der Waals surface area contributed by atoms with Crippen LogP contribution >= 0.6 is 0 Å². The van der Waals surface area contributed by atoms with Crippen molar-refractivity contribution in [2.24, 2.45) is 7.05 Å². The summed E-state index contributed by atoms with van der Waals surface area (Å²) in [5, 5.41) is 4.42. The summed E-state index contributed by atoms with van der Waals surface area (Å²) in [7, 11) is 5.95. The van der Waals surface area contributed by atoms with E-state index in [1.807, 2.05) is 50.6 Å². The number of aromatic nitrogens is 4. The standard InChI is InChI=1S/C19H28N6O/c1-13-16(14(2)24(5)22-13)11-18(26)25-10-6-7-17(25)19-20-9-8-15(21-19)12-23(3)4/h8-9,17H,6-7,10-12H2,1-5H3/t17-/m1/s1. The SMILES string of the molecule is Cc1nn(C)c(C)c1CC(=O)N1CCC[C@@H]1c1nccc(CN(C)C)n1. The van der Waals surface area contributed by atoms with Gasteiger partial charge in [-0.2, -0.15) is 5.10 Å². The number of carbonyl (C=O) groups is 1. The van der Waals surface area contributed by atoms with Crippen molar-refractivity contribution in [1.29, 1.82) is 0 Å². The second-order valence-corrected chi connectivity index (χ2v) is 7.34. The summed E-state index contributed by atoms with van der Waals surface area (Å²) >= 11 is 0. The van der Waals surface area contributed by atoms with E-state index in [2.05, 4.69) is 15.0 Å². The first-order chi connectivity index (χ1) is 12.4. The van der Waals surface area contributed by atoms with Crippen LogP contribution in [0, 0.1) is 13.8 Å². The third kappa shape index (κ3) is 3.77. The first kappa shape index (κ1) is 18.5. The Labute approximate surface area is 155 Å². The van der Waals surface area contributed by atoms with Gasteiger partial charge in [-0.1, -0.05) is 0 Å². The van der Waals surface area contributed by atoms with E-state index in [1.54, 1.807) is 6.20 Å². The lowest BCUT2D eigenvalue weighted by molar-refractivity contribution is -0.131. The minimum atomic E-state index is -0.0260. The smallest absolute Gasteiger partial charge is 0.227 e. The summed E-state index contributed by atoms with van der Waals surface area (Å²) in [6.45, 7) is 5.51. The largest absolute Gasteiger partial charge is 0.332 e. The van der Waals surface area contributed by atoms with Crippen molar-refractivity contribution >= 4 is 5.91 Å². The van der Waals surface area contributed by atoms with Gasteiger partial charge in [-0.15, -0.1) is 0 Å². The second-order valence-electron chi connectivity index (χ2n) is 7.34. The monoisotopic (exact) mass is 356 g/mol. The molecule has 3 rings (SSSR count). The van der Waals surface area contributed by atoms with Crippen LogP contribution in [0.3, 0.4) is 0 Å². The fraction of sp³-hybridized carbons (Fsp3) is 0.579. The average Bonchev–Trinajstić information content (AvgIpc) is 3.15. The molecule has 0 N–H and O–H groups in total. The zero-order chi connectivity index (χ0) is 18.8. The van der Waals surface area contributed by atoms with Gasteiger partial charge in [0.15, 0.2) is 5.82 Å². The lowest BCUT2D eigenvalue weighted by atomic mass is 10.1. The Bertz CT molecular complexity index is 797. The Morgan fingerprint density at radius 2 is 2.12 bits per heavy atom. The summed E-state index contributed by atoms with van der Waals surface area (Å²) in [6, 6.07) is 1.91. The molecule has 1 fully saturated rings. The van der Waals surface area contributed by atoms with Crippen LogP contribution in [-0.2, 0) is 24.8 Å². The number of carbonyl (C=O) groups excluding carboxylic acids is 1. The number of hydrogen-bond acceptors (Lipinski definition) is 5. The highest BCUT2D eigenvalue weighted by atomic mass is 16.2. The predicted octanol–water partition coefficient (Wildman–Crippen LogP) is 1.79. The molecule has 26 heavy (non-hydrogen) atoms. The summed E-state index contributed by atoms with van der Waals surface area (Å²) in [5.41, 5.74) is 4.00. The molecule has 2 aromatic heterocycles. The lowest BCUT2D eigenvalue weighted by Gasteiger charge is -2.24. The van der Waals surface area contributed by atoms with E-state index in [0.717, 1.165) is 54.4 Å². The molecule has 3 heterocycles. The molecule has 1 aliphatic rings. The zero-order valence-electron chi connectivity index (χ0n) is 16.4. The van der Waals surface area contributed by atoms with Crippen molar-refractivity contribution in [2.75, 3.05) is 20.6 Å². The molecule has 2 aromatic rings. The molecule has 7 nitrogen and oxygen atoms in total. The van der Waals surface area contributed by atoms with Gasteiger partial charge in [0, 0.05) is 37.6 Å². The van der Waals surface area contributed by atoms with E-state index in [9.17, 15) is 4.79 Å². The normalized spacial score (nSPS) is 17.3. The molecule has 1 amide bonds. The molecular formula is C19H28N6O. The Balaban J connectivity index is 1.78. The van der Waals surface area contributed by atoms with Gasteiger partial charge >= 0.3 is 0 Å². The van der Waals surface area contributed by atoms with E-state index in [0.29, 0.717) is 6.42 Å². The molecule has 1 atom stereocenters. The molecule has 0 unspecified atom stereocenters. The Morgan fingerprint density at radius 1 is 1.35 bits per heavy atom. The van der Waals surface area contributed by atoms with Crippen LogP contribution in [0.2, 0.25) is 0 Å². The van der Waals surface area contributed by atoms with E-state index >= 15 is 0 Å². The van der Waals surface area contributed by atoms with E-state index in [-0.39, 0.29) is 11.9 Å². The van der Waals surface area contributed by atoms with Crippen molar-refractivity contribution in [1.82, 2.24) is 29.5 Å². The fourth-order valence-corrected chi connectivity index (χ4v) is 3.65. The second kappa shape index (κ2) is 7.53. The minimum absolute atomic E-state index is 0.0260. The molecule has 1 saturated heterocycles. The summed E-state index contributed by atoms with van der Waals surface area (Å²) < 4.78 is 1.84. The van der Waals surface area contributed by atoms with Gasteiger partial charge in [0.25, 0.3) is 0 Å². The van der Waals surface area contributed by atoms with E-state index in [4.69, 9.17) is 4.98 Å². The molecule has 0 aliphatic carbocycles. The average molecular weight is 356 g/mol. The van der Waals surface area contributed by atoms with Crippen LogP contribution in [0.5, 0.6) is 0 Å². The van der Waals surface area contributed by atoms with Crippen molar-refractivity contribution in [3.63, 3.8) is 0 Å². The number of hydrogen-bond donors (Lipinski definition) is 0. The number of nitrogens with zero attached hydrogens (tertiary/aromatic N) is 6. The summed E-state index contributed by atoms with van der Waals surface area (Å²) in [5.74, 6) is 0.892.